The summed E-state index contributed by atoms with van der Waals surface area (Å²) in [4.78, 5) is 12.2. The standard InChI is InChI=1S/C17H19NO2S/c1-20-16-9-4-3-7-15(16)11-18-17(19)14-8-5-6-13(10-14)12-21-2/h3-10H,11-12H2,1-2H3,(H,18,19). The number of ether oxygens (including phenoxy) is 1. The Morgan fingerprint density at radius 2 is 2.00 bits per heavy atom. The number of benzene rings is 2. The molecule has 3 nitrogen and oxygen atoms in total. The zero-order valence-corrected chi connectivity index (χ0v) is 13.1. The predicted molar refractivity (Wildman–Crippen MR) is 87.8 cm³/mol. The van der Waals surface area contributed by atoms with Crippen LogP contribution in [-0.2, 0) is 12.3 Å². The van der Waals surface area contributed by atoms with Crippen LogP contribution in [0.1, 0.15) is 21.5 Å². The molecule has 21 heavy (non-hydrogen) atoms. The van der Waals surface area contributed by atoms with Crippen molar-refractivity contribution in [3.63, 3.8) is 0 Å². The lowest BCUT2D eigenvalue weighted by Gasteiger charge is -2.10. The second-order valence-corrected chi connectivity index (χ2v) is 5.49. The van der Waals surface area contributed by atoms with Gasteiger partial charge in [-0.1, -0.05) is 30.3 Å². The van der Waals surface area contributed by atoms with Crippen LogP contribution in [0.2, 0.25) is 0 Å². The van der Waals surface area contributed by atoms with E-state index in [1.165, 1.54) is 0 Å². The zero-order chi connectivity index (χ0) is 15.1. The van der Waals surface area contributed by atoms with Crippen LogP contribution in [-0.4, -0.2) is 19.3 Å². The molecule has 110 valence electrons. The van der Waals surface area contributed by atoms with E-state index in [2.05, 4.69) is 11.6 Å². The molecule has 0 saturated carbocycles. The lowest BCUT2D eigenvalue weighted by molar-refractivity contribution is 0.0950. The Labute approximate surface area is 129 Å². The minimum Gasteiger partial charge on any atom is -0.496 e. The summed E-state index contributed by atoms with van der Waals surface area (Å²) in [5.74, 6) is 1.63. The van der Waals surface area contributed by atoms with Gasteiger partial charge in [0.05, 0.1) is 7.11 Å². The Morgan fingerprint density at radius 3 is 2.76 bits per heavy atom. The first-order chi connectivity index (χ1) is 10.2. The Morgan fingerprint density at radius 1 is 1.19 bits per heavy atom. The van der Waals surface area contributed by atoms with Crippen molar-refractivity contribution < 1.29 is 9.53 Å². The second-order valence-electron chi connectivity index (χ2n) is 4.63. The molecule has 2 rings (SSSR count). The highest BCUT2D eigenvalue weighted by atomic mass is 32.2. The van der Waals surface area contributed by atoms with Gasteiger partial charge in [-0.3, -0.25) is 4.79 Å². The molecule has 2 aromatic rings. The monoisotopic (exact) mass is 301 g/mol. The first-order valence-corrected chi connectivity index (χ1v) is 8.12. The molecule has 0 aliphatic heterocycles. The van der Waals surface area contributed by atoms with E-state index in [4.69, 9.17) is 4.74 Å². The summed E-state index contributed by atoms with van der Waals surface area (Å²) in [5, 5.41) is 2.93. The van der Waals surface area contributed by atoms with Crippen LogP contribution in [0.3, 0.4) is 0 Å². The van der Waals surface area contributed by atoms with Crippen LogP contribution in [0.15, 0.2) is 48.5 Å². The highest BCUT2D eigenvalue weighted by molar-refractivity contribution is 7.97. The maximum absolute atomic E-state index is 12.2. The fourth-order valence-electron chi connectivity index (χ4n) is 2.10. The van der Waals surface area contributed by atoms with Gasteiger partial charge in [0.25, 0.3) is 5.91 Å². The van der Waals surface area contributed by atoms with Gasteiger partial charge in [-0.2, -0.15) is 11.8 Å². The van der Waals surface area contributed by atoms with Crippen molar-refractivity contribution in [2.45, 2.75) is 12.3 Å². The van der Waals surface area contributed by atoms with Crippen LogP contribution in [0.25, 0.3) is 0 Å². The molecule has 2 aromatic carbocycles. The van der Waals surface area contributed by atoms with Crippen molar-refractivity contribution in [2.75, 3.05) is 13.4 Å². The summed E-state index contributed by atoms with van der Waals surface area (Å²) in [7, 11) is 1.63. The lowest BCUT2D eigenvalue weighted by Crippen LogP contribution is -2.23. The minimum atomic E-state index is -0.0659. The number of thioether (sulfide) groups is 1. The topological polar surface area (TPSA) is 38.3 Å². The largest absolute Gasteiger partial charge is 0.496 e. The normalized spacial score (nSPS) is 10.2. The van der Waals surface area contributed by atoms with Gasteiger partial charge in [-0.05, 0) is 30.0 Å². The molecule has 0 unspecified atom stereocenters. The van der Waals surface area contributed by atoms with E-state index in [1.807, 2.05) is 48.5 Å². The van der Waals surface area contributed by atoms with Crippen molar-refractivity contribution >= 4 is 17.7 Å². The number of methoxy groups -OCH3 is 1. The van der Waals surface area contributed by atoms with Crippen molar-refractivity contribution in [2.24, 2.45) is 0 Å². The number of rotatable bonds is 6. The lowest BCUT2D eigenvalue weighted by atomic mass is 10.1. The van der Waals surface area contributed by atoms with Gasteiger partial charge in [0.2, 0.25) is 0 Å². The molecule has 4 heteroatoms. The third-order valence-corrected chi connectivity index (χ3v) is 3.75. The van der Waals surface area contributed by atoms with Crippen LogP contribution in [0.5, 0.6) is 5.75 Å². The molecule has 0 fully saturated rings. The van der Waals surface area contributed by atoms with Gasteiger partial charge < -0.3 is 10.1 Å². The molecular formula is C17H19NO2S. The number of carbonyl (C=O) groups is 1. The molecule has 0 aliphatic carbocycles. The Kier molecular flexibility index (Phi) is 5.69. The summed E-state index contributed by atoms with van der Waals surface area (Å²) >= 11 is 1.74. The maximum atomic E-state index is 12.2. The average molecular weight is 301 g/mol. The highest BCUT2D eigenvalue weighted by Crippen LogP contribution is 2.17. The van der Waals surface area contributed by atoms with Crippen molar-refractivity contribution in [3.8, 4) is 5.75 Å². The molecule has 0 aromatic heterocycles. The van der Waals surface area contributed by atoms with Gasteiger partial charge in [0.15, 0.2) is 0 Å². The molecule has 0 spiro atoms. The van der Waals surface area contributed by atoms with E-state index in [0.717, 1.165) is 22.6 Å². The van der Waals surface area contributed by atoms with E-state index in [-0.39, 0.29) is 5.91 Å². The summed E-state index contributed by atoms with van der Waals surface area (Å²) in [6.45, 7) is 0.454. The summed E-state index contributed by atoms with van der Waals surface area (Å²) in [6, 6.07) is 15.4. The fourth-order valence-corrected chi connectivity index (χ4v) is 2.61. The average Bonchev–Trinajstić information content (AvgIpc) is 2.53. The first kappa shape index (κ1) is 15.4. The number of para-hydroxylation sites is 1. The number of carbonyl (C=O) groups excluding carboxylic acids is 1. The van der Waals surface area contributed by atoms with Crippen LogP contribution >= 0.6 is 11.8 Å². The molecule has 1 N–H and O–H groups in total. The van der Waals surface area contributed by atoms with E-state index >= 15 is 0 Å². The van der Waals surface area contributed by atoms with Crippen molar-refractivity contribution in [1.82, 2.24) is 5.32 Å². The van der Waals surface area contributed by atoms with Gasteiger partial charge in [-0.15, -0.1) is 0 Å². The summed E-state index contributed by atoms with van der Waals surface area (Å²) < 4.78 is 5.28. The maximum Gasteiger partial charge on any atom is 0.251 e. The molecule has 1 amide bonds. The van der Waals surface area contributed by atoms with Crippen molar-refractivity contribution in [1.29, 1.82) is 0 Å². The molecular weight excluding hydrogens is 282 g/mol. The van der Waals surface area contributed by atoms with Gasteiger partial charge in [0, 0.05) is 23.4 Å². The Hall–Kier alpha value is -1.94. The zero-order valence-electron chi connectivity index (χ0n) is 12.3. The van der Waals surface area contributed by atoms with Gasteiger partial charge in [0.1, 0.15) is 5.75 Å². The fraction of sp³-hybridized carbons (Fsp3) is 0.235. The van der Waals surface area contributed by atoms with Gasteiger partial charge in [-0.25, -0.2) is 0 Å². The predicted octanol–water partition coefficient (Wildman–Crippen LogP) is 3.49. The van der Waals surface area contributed by atoms with Crippen molar-refractivity contribution in [3.05, 3.63) is 65.2 Å². The van der Waals surface area contributed by atoms with Gasteiger partial charge >= 0.3 is 0 Å². The third-order valence-electron chi connectivity index (χ3n) is 3.13. The SMILES string of the molecule is COc1ccccc1CNC(=O)c1cccc(CSC)c1. The highest BCUT2D eigenvalue weighted by Gasteiger charge is 2.08. The molecule has 0 atom stereocenters. The summed E-state index contributed by atoms with van der Waals surface area (Å²) in [6.07, 6.45) is 2.05. The Balaban J connectivity index is 2.03. The smallest absolute Gasteiger partial charge is 0.251 e. The summed E-state index contributed by atoms with van der Waals surface area (Å²) in [5.41, 5.74) is 2.82. The van der Waals surface area contributed by atoms with E-state index in [1.54, 1.807) is 18.9 Å². The van der Waals surface area contributed by atoms with Crippen LogP contribution in [0, 0.1) is 0 Å². The molecule has 0 radical (unpaired) electrons. The second kappa shape index (κ2) is 7.74. The Bertz CT molecular complexity index is 613. The van der Waals surface area contributed by atoms with E-state index < -0.39 is 0 Å². The van der Waals surface area contributed by atoms with E-state index in [9.17, 15) is 4.79 Å². The number of hydrogen-bond acceptors (Lipinski definition) is 3. The van der Waals surface area contributed by atoms with Crippen LogP contribution in [0.4, 0.5) is 0 Å². The molecule has 0 bridgehead atoms. The van der Waals surface area contributed by atoms with E-state index in [0.29, 0.717) is 12.1 Å². The number of nitrogens with one attached hydrogen (secondary N) is 1. The minimum absolute atomic E-state index is 0.0659. The quantitative estimate of drug-likeness (QED) is 0.887. The third kappa shape index (κ3) is 4.26. The number of hydrogen-bond donors (Lipinski definition) is 1. The molecule has 0 heterocycles. The molecule has 0 aliphatic rings. The molecule has 0 saturated heterocycles. The van der Waals surface area contributed by atoms with Crippen LogP contribution < -0.4 is 10.1 Å². The number of amides is 1. The first-order valence-electron chi connectivity index (χ1n) is 6.72.